The largest absolute Gasteiger partial charge is 0.462 e. The molecular formula is C75H130O6. The molecule has 0 aliphatic rings. The van der Waals surface area contributed by atoms with E-state index < -0.39 is 6.10 Å². The SMILES string of the molecule is CC/C=C\C/C=C\C/C=C\C/C=C\CCCCC(=O)OCC(COC(=O)CCCCCCCCCCCCCCCCCCC/C=C\CCCCCCCCCC)OC(=O)CCCCCCCC/C=C\C/C=C\C/C=C\CCCCC. The van der Waals surface area contributed by atoms with Gasteiger partial charge in [-0.2, -0.15) is 0 Å². The summed E-state index contributed by atoms with van der Waals surface area (Å²) in [7, 11) is 0. The number of carbonyl (C=O) groups is 3. The molecule has 0 radical (unpaired) electrons. The summed E-state index contributed by atoms with van der Waals surface area (Å²) >= 11 is 0. The number of allylic oxidation sites excluding steroid dienone is 16. The fourth-order valence-electron chi connectivity index (χ4n) is 9.85. The van der Waals surface area contributed by atoms with Crippen molar-refractivity contribution in [3.63, 3.8) is 0 Å². The van der Waals surface area contributed by atoms with Gasteiger partial charge in [0.2, 0.25) is 0 Å². The molecule has 466 valence electrons. The van der Waals surface area contributed by atoms with E-state index in [1.807, 2.05) is 0 Å². The first kappa shape index (κ1) is 77.3. The predicted octanol–water partition coefficient (Wildman–Crippen LogP) is 24.0. The van der Waals surface area contributed by atoms with Crippen LogP contribution in [0.5, 0.6) is 0 Å². The van der Waals surface area contributed by atoms with Crippen molar-refractivity contribution in [2.24, 2.45) is 0 Å². The van der Waals surface area contributed by atoms with E-state index in [0.717, 1.165) is 109 Å². The van der Waals surface area contributed by atoms with Crippen molar-refractivity contribution in [1.29, 1.82) is 0 Å². The molecule has 0 fully saturated rings. The van der Waals surface area contributed by atoms with E-state index in [2.05, 4.69) is 118 Å². The van der Waals surface area contributed by atoms with Gasteiger partial charge < -0.3 is 14.2 Å². The van der Waals surface area contributed by atoms with Crippen LogP contribution < -0.4 is 0 Å². The van der Waals surface area contributed by atoms with Crippen molar-refractivity contribution < 1.29 is 28.6 Å². The van der Waals surface area contributed by atoms with Crippen LogP contribution in [0.3, 0.4) is 0 Å². The van der Waals surface area contributed by atoms with E-state index in [-0.39, 0.29) is 31.1 Å². The maximum Gasteiger partial charge on any atom is 0.306 e. The van der Waals surface area contributed by atoms with E-state index >= 15 is 0 Å². The Hall–Kier alpha value is -3.67. The molecule has 0 heterocycles. The summed E-state index contributed by atoms with van der Waals surface area (Å²) in [6.07, 6.45) is 93.0. The molecule has 0 amide bonds. The molecule has 0 aromatic rings. The van der Waals surface area contributed by atoms with Crippen molar-refractivity contribution in [3.8, 4) is 0 Å². The molecule has 81 heavy (non-hydrogen) atoms. The first-order valence-corrected chi connectivity index (χ1v) is 34.7. The monoisotopic (exact) mass is 1130 g/mol. The summed E-state index contributed by atoms with van der Waals surface area (Å²) in [5.74, 6) is -0.938. The standard InChI is InChI=1S/C75H130O6/c1-4-7-10-13-16-19-22-25-28-30-32-33-34-35-36-37-38-39-40-41-43-44-47-50-53-56-59-62-65-68-74(77)80-71-72(70-79-73(76)67-64-61-58-55-52-49-46-27-24-21-18-15-12-9-6-3)81-75(78)69-66-63-60-57-54-51-48-45-42-31-29-26-23-20-17-14-11-8-5-2/h9,12,17-18,20-21,26-27,29-30,32,42,45-46,52,55,72H,4-8,10-11,13-16,19,22-25,28,31,33-41,43-44,47-51,53-54,56-71H2,1-3H3/b12-9-,20-17-,21-18-,29-26-,32-30-,45-42-,46-27-,55-52-. The summed E-state index contributed by atoms with van der Waals surface area (Å²) in [4.78, 5) is 38.4. The van der Waals surface area contributed by atoms with Crippen LogP contribution >= 0.6 is 0 Å². The lowest BCUT2D eigenvalue weighted by Gasteiger charge is -2.18. The van der Waals surface area contributed by atoms with Gasteiger partial charge in [0.1, 0.15) is 13.2 Å². The number of carbonyl (C=O) groups excluding carboxylic acids is 3. The third-order valence-electron chi connectivity index (χ3n) is 15.0. The Labute approximate surface area is 502 Å². The smallest absolute Gasteiger partial charge is 0.306 e. The highest BCUT2D eigenvalue weighted by Crippen LogP contribution is 2.17. The van der Waals surface area contributed by atoms with Gasteiger partial charge in [-0.15, -0.1) is 0 Å². The third kappa shape index (κ3) is 67.0. The molecule has 0 rings (SSSR count). The van der Waals surface area contributed by atoms with Gasteiger partial charge in [0.05, 0.1) is 0 Å². The molecule has 0 aliphatic carbocycles. The number of hydrogen-bond acceptors (Lipinski definition) is 6. The molecular weight excluding hydrogens is 997 g/mol. The highest BCUT2D eigenvalue weighted by atomic mass is 16.6. The van der Waals surface area contributed by atoms with Crippen LogP contribution in [-0.2, 0) is 28.6 Å². The van der Waals surface area contributed by atoms with Crippen LogP contribution in [0, 0.1) is 0 Å². The highest BCUT2D eigenvalue weighted by Gasteiger charge is 2.19. The molecule has 0 saturated carbocycles. The molecule has 1 atom stereocenters. The molecule has 0 N–H and O–H groups in total. The Bertz CT molecular complexity index is 1580. The molecule has 0 aliphatic heterocycles. The van der Waals surface area contributed by atoms with E-state index in [1.165, 1.54) is 193 Å². The summed E-state index contributed by atoms with van der Waals surface area (Å²) in [5, 5.41) is 0. The fraction of sp³-hybridized carbons (Fsp3) is 0.747. The van der Waals surface area contributed by atoms with Gasteiger partial charge in [-0.1, -0.05) is 298 Å². The fourth-order valence-corrected chi connectivity index (χ4v) is 9.85. The minimum Gasteiger partial charge on any atom is -0.462 e. The number of ether oxygens (including phenoxy) is 3. The number of esters is 3. The zero-order valence-corrected chi connectivity index (χ0v) is 53.5. The summed E-state index contributed by atoms with van der Waals surface area (Å²) < 4.78 is 16.9. The zero-order valence-electron chi connectivity index (χ0n) is 53.5. The van der Waals surface area contributed by atoms with Crippen molar-refractivity contribution in [2.45, 2.75) is 348 Å². The lowest BCUT2D eigenvalue weighted by molar-refractivity contribution is -0.167. The maximum absolute atomic E-state index is 12.9. The van der Waals surface area contributed by atoms with Crippen LogP contribution in [0.25, 0.3) is 0 Å². The summed E-state index contributed by atoms with van der Waals surface area (Å²) in [6, 6.07) is 0. The minimum atomic E-state index is -0.804. The van der Waals surface area contributed by atoms with Crippen LogP contribution in [0.1, 0.15) is 342 Å². The maximum atomic E-state index is 12.9. The van der Waals surface area contributed by atoms with Crippen LogP contribution in [0.15, 0.2) is 97.2 Å². The number of unbranched alkanes of at least 4 members (excludes halogenated alkanes) is 36. The van der Waals surface area contributed by atoms with Gasteiger partial charge in [-0.05, 0) is 122 Å². The zero-order chi connectivity index (χ0) is 58.5. The second-order valence-electron chi connectivity index (χ2n) is 23.1. The Morgan fingerprint density at radius 1 is 0.259 bits per heavy atom. The number of rotatable bonds is 63. The first-order valence-electron chi connectivity index (χ1n) is 34.7. The normalized spacial score (nSPS) is 12.7. The Balaban J connectivity index is 4.30. The second kappa shape index (κ2) is 68.8. The van der Waals surface area contributed by atoms with Crippen LogP contribution in [-0.4, -0.2) is 37.2 Å². The Kier molecular flexibility index (Phi) is 65.7. The van der Waals surface area contributed by atoms with Gasteiger partial charge in [0.15, 0.2) is 6.10 Å². The topological polar surface area (TPSA) is 78.9 Å². The van der Waals surface area contributed by atoms with Crippen molar-refractivity contribution >= 4 is 17.9 Å². The van der Waals surface area contributed by atoms with Crippen LogP contribution in [0.4, 0.5) is 0 Å². The van der Waals surface area contributed by atoms with E-state index in [0.29, 0.717) is 19.3 Å². The molecule has 0 aromatic heterocycles. The van der Waals surface area contributed by atoms with Gasteiger partial charge in [-0.3, -0.25) is 14.4 Å². The lowest BCUT2D eigenvalue weighted by atomic mass is 10.0. The van der Waals surface area contributed by atoms with Crippen molar-refractivity contribution in [2.75, 3.05) is 13.2 Å². The van der Waals surface area contributed by atoms with Gasteiger partial charge in [0, 0.05) is 19.3 Å². The molecule has 6 nitrogen and oxygen atoms in total. The summed E-state index contributed by atoms with van der Waals surface area (Å²) in [5.41, 5.74) is 0. The van der Waals surface area contributed by atoms with E-state index in [4.69, 9.17) is 14.2 Å². The van der Waals surface area contributed by atoms with E-state index in [9.17, 15) is 14.4 Å². The number of hydrogen-bond donors (Lipinski definition) is 0. The van der Waals surface area contributed by atoms with Crippen molar-refractivity contribution in [1.82, 2.24) is 0 Å². The first-order chi connectivity index (χ1) is 40.0. The second-order valence-corrected chi connectivity index (χ2v) is 23.1. The molecule has 0 bridgehead atoms. The summed E-state index contributed by atoms with van der Waals surface area (Å²) in [6.45, 7) is 6.49. The lowest BCUT2D eigenvalue weighted by Crippen LogP contribution is -2.30. The minimum absolute atomic E-state index is 0.0946. The van der Waals surface area contributed by atoms with Gasteiger partial charge in [-0.25, -0.2) is 0 Å². The Morgan fingerprint density at radius 2 is 0.481 bits per heavy atom. The van der Waals surface area contributed by atoms with Crippen LogP contribution in [0.2, 0.25) is 0 Å². The molecule has 0 saturated heterocycles. The third-order valence-corrected chi connectivity index (χ3v) is 15.0. The molecule has 1 unspecified atom stereocenters. The molecule has 6 heteroatoms. The molecule has 0 aromatic carbocycles. The highest BCUT2D eigenvalue weighted by molar-refractivity contribution is 5.71. The quantitative estimate of drug-likeness (QED) is 0.0261. The molecule has 0 spiro atoms. The predicted molar refractivity (Wildman–Crippen MR) is 353 cm³/mol. The van der Waals surface area contributed by atoms with Crippen molar-refractivity contribution in [3.05, 3.63) is 97.2 Å². The van der Waals surface area contributed by atoms with Gasteiger partial charge >= 0.3 is 17.9 Å². The van der Waals surface area contributed by atoms with E-state index in [1.54, 1.807) is 0 Å². The average molecular weight is 1130 g/mol. The average Bonchev–Trinajstić information content (AvgIpc) is 3.47. The Morgan fingerprint density at radius 3 is 0.815 bits per heavy atom. The van der Waals surface area contributed by atoms with Gasteiger partial charge in [0.25, 0.3) is 0 Å².